The average molecular weight is 389 g/mol. The van der Waals surface area contributed by atoms with E-state index in [0.29, 0.717) is 13.2 Å². The van der Waals surface area contributed by atoms with E-state index in [9.17, 15) is 10.1 Å². The number of thiophene rings is 1. The van der Waals surface area contributed by atoms with Crippen LogP contribution in [0.3, 0.4) is 0 Å². The molecule has 1 aromatic heterocycles. The molecule has 0 amide bonds. The van der Waals surface area contributed by atoms with Gasteiger partial charge in [-0.2, -0.15) is 0 Å². The summed E-state index contributed by atoms with van der Waals surface area (Å²) in [6.07, 6.45) is 0. The van der Waals surface area contributed by atoms with Gasteiger partial charge < -0.3 is 9.47 Å². The Morgan fingerprint density at radius 1 is 1.16 bits per heavy atom. The van der Waals surface area contributed by atoms with Gasteiger partial charge in [0.1, 0.15) is 16.1 Å². The van der Waals surface area contributed by atoms with Crippen molar-refractivity contribution in [1.82, 2.24) is 0 Å². The van der Waals surface area contributed by atoms with Gasteiger partial charge in [0.15, 0.2) is 11.5 Å². The highest BCUT2D eigenvalue weighted by Gasteiger charge is 2.24. The van der Waals surface area contributed by atoms with Crippen molar-refractivity contribution in [2.75, 3.05) is 13.2 Å². The average Bonchev–Trinajstić information content (AvgIpc) is 2.77. The first-order chi connectivity index (χ1) is 9.16. The van der Waals surface area contributed by atoms with Crippen LogP contribution in [0.1, 0.15) is 0 Å². The van der Waals surface area contributed by atoms with E-state index in [1.54, 1.807) is 23.5 Å². The summed E-state index contributed by atoms with van der Waals surface area (Å²) in [6, 6.07) is 6.46. The number of benzene rings is 1. The molecular weight excluding hydrogens is 381 g/mol. The van der Waals surface area contributed by atoms with Crippen LogP contribution in [0, 0.1) is 13.0 Å². The molecule has 0 bridgehead atoms. The van der Waals surface area contributed by atoms with Crippen molar-refractivity contribution in [3.63, 3.8) is 0 Å². The third-order valence-corrected chi connectivity index (χ3v) is 4.84. The Balaban J connectivity index is 2.04. The summed E-state index contributed by atoms with van der Waals surface area (Å²) in [5, 5.41) is 10.6. The van der Waals surface area contributed by atoms with E-state index in [2.05, 4.69) is 22.6 Å². The highest BCUT2D eigenvalue weighted by atomic mass is 127. The lowest BCUT2D eigenvalue weighted by Crippen LogP contribution is -2.14. The number of halogens is 1. The lowest BCUT2D eigenvalue weighted by atomic mass is 10.1. The van der Waals surface area contributed by atoms with Gasteiger partial charge in [-0.25, -0.2) is 0 Å². The van der Waals surface area contributed by atoms with E-state index in [1.807, 2.05) is 0 Å². The number of rotatable bonds is 2. The zero-order valence-electron chi connectivity index (χ0n) is 9.59. The molecule has 0 spiro atoms. The zero-order valence-corrected chi connectivity index (χ0v) is 12.6. The number of nitro benzene ring substituents is 1. The largest absolute Gasteiger partial charge is 0.485 e. The van der Waals surface area contributed by atoms with E-state index >= 15 is 0 Å². The molecule has 0 aliphatic carbocycles. The summed E-state index contributed by atoms with van der Waals surface area (Å²) < 4.78 is 12.3. The molecule has 19 heavy (non-hydrogen) atoms. The Labute approximate surface area is 126 Å². The number of fused-ring (bicyclic) bond motifs is 1. The lowest BCUT2D eigenvalue weighted by molar-refractivity contribution is -0.384. The highest BCUT2D eigenvalue weighted by Crippen LogP contribution is 2.49. The number of nitro groups is 1. The van der Waals surface area contributed by atoms with Crippen LogP contribution in [0.4, 0.5) is 5.69 Å². The molecule has 1 aliphatic heterocycles. The molecule has 1 aromatic carbocycles. The number of ether oxygens (including phenoxy) is 2. The molecule has 2 heterocycles. The summed E-state index contributed by atoms with van der Waals surface area (Å²) >= 11 is 3.78. The fourth-order valence-corrected chi connectivity index (χ4v) is 3.82. The van der Waals surface area contributed by atoms with Crippen molar-refractivity contribution in [2.24, 2.45) is 0 Å². The number of non-ortho nitro benzene ring substituents is 1. The Kier molecular flexibility index (Phi) is 3.31. The first-order valence-electron chi connectivity index (χ1n) is 5.49. The summed E-state index contributed by atoms with van der Waals surface area (Å²) in [5.41, 5.74) is 0.987. The molecule has 0 radical (unpaired) electrons. The molecule has 0 saturated heterocycles. The minimum Gasteiger partial charge on any atom is -0.485 e. The number of hydrogen-bond donors (Lipinski definition) is 0. The lowest BCUT2D eigenvalue weighted by Gasteiger charge is -2.16. The zero-order chi connectivity index (χ0) is 13.4. The maximum absolute atomic E-state index is 10.6. The predicted molar refractivity (Wildman–Crippen MR) is 80.1 cm³/mol. The molecule has 0 fully saturated rings. The summed E-state index contributed by atoms with van der Waals surface area (Å²) in [5.74, 6) is 1.53. The monoisotopic (exact) mass is 389 g/mol. The predicted octanol–water partition coefficient (Wildman–Crippen LogP) is 3.70. The SMILES string of the molecule is O=[N+]([O-])c1ccc(-c2sc(I)c3c2OCCO3)cc1. The molecule has 5 nitrogen and oxygen atoms in total. The van der Waals surface area contributed by atoms with Gasteiger partial charge in [0.2, 0.25) is 0 Å². The van der Waals surface area contributed by atoms with Gasteiger partial charge in [0, 0.05) is 12.1 Å². The van der Waals surface area contributed by atoms with Crippen molar-refractivity contribution in [2.45, 2.75) is 0 Å². The van der Waals surface area contributed by atoms with Crippen molar-refractivity contribution >= 4 is 39.6 Å². The van der Waals surface area contributed by atoms with Gasteiger partial charge in [-0.1, -0.05) is 0 Å². The third kappa shape index (κ3) is 2.27. The molecular formula is C12H8INO4S. The second-order valence-corrected chi connectivity index (χ2v) is 6.70. The van der Waals surface area contributed by atoms with E-state index in [-0.39, 0.29) is 5.69 Å². The quantitative estimate of drug-likeness (QED) is 0.447. The van der Waals surface area contributed by atoms with E-state index in [0.717, 1.165) is 24.8 Å². The third-order valence-electron chi connectivity index (χ3n) is 2.70. The molecule has 3 rings (SSSR count). The van der Waals surface area contributed by atoms with Crippen LogP contribution in [-0.2, 0) is 0 Å². The Bertz CT molecular complexity index is 638. The smallest absolute Gasteiger partial charge is 0.269 e. The van der Waals surface area contributed by atoms with Crippen LogP contribution >= 0.6 is 33.9 Å². The minimum atomic E-state index is -0.406. The topological polar surface area (TPSA) is 61.6 Å². The maximum Gasteiger partial charge on any atom is 0.269 e. The molecule has 98 valence electrons. The van der Waals surface area contributed by atoms with Gasteiger partial charge in [0.05, 0.1) is 9.80 Å². The van der Waals surface area contributed by atoms with Crippen LogP contribution < -0.4 is 9.47 Å². The second kappa shape index (κ2) is 4.97. The van der Waals surface area contributed by atoms with Crippen molar-refractivity contribution < 1.29 is 14.4 Å². The molecule has 0 saturated carbocycles. The molecule has 1 aliphatic rings. The highest BCUT2D eigenvalue weighted by molar-refractivity contribution is 14.1. The van der Waals surface area contributed by atoms with Crippen LogP contribution in [0.5, 0.6) is 11.5 Å². The first kappa shape index (κ1) is 12.7. The second-order valence-electron chi connectivity index (χ2n) is 3.86. The number of hydrogen-bond acceptors (Lipinski definition) is 5. The minimum absolute atomic E-state index is 0.0843. The van der Waals surface area contributed by atoms with Crippen LogP contribution in [0.15, 0.2) is 24.3 Å². The maximum atomic E-state index is 10.6. The Hall–Kier alpha value is -1.35. The Morgan fingerprint density at radius 3 is 2.42 bits per heavy atom. The van der Waals surface area contributed by atoms with Crippen LogP contribution in [0.2, 0.25) is 0 Å². The van der Waals surface area contributed by atoms with Crippen LogP contribution in [-0.4, -0.2) is 18.1 Å². The van der Waals surface area contributed by atoms with Gasteiger partial charge in [-0.3, -0.25) is 10.1 Å². The van der Waals surface area contributed by atoms with E-state index < -0.39 is 4.92 Å². The molecule has 0 atom stereocenters. The van der Waals surface area contributed by atoms with Crippen LogP contribution in [0.25, 0.3) is 10.4 Å². The molecule has 0 unspecified atom stereocenters. The molecule has 2 aromatic rings. The fraction of sp³-hybridized carbons (Fsp3) is 0.167. The van der Waals surface area contributed by atoms with Crippen molar-refractivity contribution in [3.8, 4) is 21.9 Å². The van der Waals surface area contributed by atoms with Crippen molar-refractivity contribution in [1.29, 1.82) is 0 Å². The Morgan fingerprint density at radius 2 is 1.79 bits per heavy atom. The standard InChI is InChI=1S/C12H8INO4S/c13-12-10-9(17-5-6-18-10)11(19-12)7-1-3-8(4-2-7)14(15)16/h1-4H,5-6H2. The number of nitrogens with zero attached hydrogens (tertiary/aromatic N) is 1. The summed E-state index contributed by atoms with van der Waals surface area (Å²) in [6.45, 7) is 1.08. The van der Waals surface area contributed by atoms with E-state index in [1.165, 1.54) is 12.1 Å². The van der Waals surface area contributed by atoms with Gasteiger partial charge in [0.25, 0.3) is 5.69 Å². The summed E-state index contributed by atoms with van der Waals surface area (Å²) in [4.78, 5) is 11.2. The molecule has 7 heteroatoms. The first-order valence-corrected chi connectivity index (χ1v) is 7.39. The summed E-state index contributed by atoms with van der Waals surface area (Å²) in [7, 11) is 0. The fourth-order valence-electron chi connectivity index (χ4n) is 1.84. The van der Waals surface area contributed by atoms with Gasteiger partial charge >= 0.3 is 0 Å². The van der Waals surface area contributed by atoms with E-state index in [4.69, 9.17) is 9.47 Å². The van der Waals surface area contributed by atoms with Gasteiger partial charge in [-0.15, -0.1) is 11.3 Å². The molecule has 0 N–H and O–H groups in total. The van der Waals surface area contributed by atoms with Crippen molar-refractivity contribution in [3.05, 3.63) is 37.3 Å². The normalized spacial score (nSPS) is 13.3. The van der Waals surface area contributed by atoms with Gasteiger partial charge in [-0.05, 0) is 40.3 Å².